The van der Waals surface area contributed by atoms with Gasteiger partial charge >= 0.3 is 0 Å². The molecular formula is C13H17N3O3S2. The first-order chi connectivity index (χ1) is 9.94. The van der Waals surface area contributed by atoms with Crippen LogP contribution in [0.25, 0.3) is 0 Å². The molecule has 1 aromatic heterocycles. The van der Waals surface area contributed by atoms with Crippen molar-refractivity contribution >= 4 is 27.0 Å². The van der Waals surface area contributed by atoms with Gasteiger partial charge in [0.15, 0.2) is 0 Å². The van der Waals surface area contributed by atoms with Crippen LogP contribution in [0.1, 0.15) is 11.3 Å². The molecule has 0 radical (unpaired) electrons. The predicted molar refractivity (Wildman–Crippen MR) is 83.1 cm³/mol. The van der Waals surface area contributed by atoms with Crippen LogP contribution >= 0.6 is 11.3 Å². The molecule has 0 saturated carbocycles. The highest BCUT2D eigenvalue weighted by Gasteiger charge is 2.20. The van der Waals surface area contributed by atoms with Gasteiger partial charge in [-0.3, -0.25) is 0 Å². The third kappa shape index (κ3) is 3.72. The van der Waals surface area contributed by atoms with Gasteiger partial charge in [0.1, 0.15) is 10.6 Å². The van der Waals surface area contributed by atoms with Crippen molar-refractivity contribution in [3.63, 3.8) is 0 Å². The fourth-order valence-corrected chi connectivity index (χ4v) is 3.61. The summed E-state index contributed by atoms with van der Waals surface area (Å²) in [5.74, 6) is 0.280. The summed E-state index contributed by atoms with van der Waals surface area (Å²) in [6, 6.07) is 3.03. The van der Waals surface area contributed by atoms with E-state index in [9.17, 15) is 8.42 Å². The molecule has 0 fully saturated rings. The molecule has 3 N–H and O–H groups in total. The van der Waals surface area contributed by atoms with Crippen molar-refractivity contribution in [3.8, 4) is 5.75 Å². The molecule has 2 rings (SSSR count). The minimum atomic E-state index is -3.67. The number of benzene rings is 1. The van der Waals surface area contributed by atoms with Crippen molar-refractivity contribution < 1.29 is 13.2 Å². The molecule has 1 aromatic carbocycles. The van der Waals surface area contributed by atoms with Gasteiger partial charge in [0.2, 0.25) is 10.0 Å². The van der Waals surface area contributed by atoms with Crippen LogP contribution in [-0.2, 0) is 16.4 Å². The number of thiazole rings is 1. The van der Waals surface area contributed by atoms with Gasteiger partial charge < -0.3 is 10.5 Å². The molecule has 0 spiro atoms. The number of sulfonamides is 1. The summed E-state index contributed by atoms with van der Waals surface area (Å²) in [5.41, 5.74) is 9.55. The first-order valence-corrected chi connectivity index (χ1v) is 8.67. The van der Waals surface area contributed by atoms with Crippen LogP contribution in [0.15, 0.2) is 27.9 Å². The van der Waals surface area contributed by atoms with E-state index in [0.29, 0.717) is 12.1 Å². The Kier molecular flexibility index (Phi) is 4.81. The van der Waals surface area contributed by atoms with Gasteiger partial charge in [0, 0.05) is 24.0 Å². The minimum Gasteiger partial charge on any atom is -0.495 e. The molecule has 0 unspecified atom stereocenters. The Balaban J connectivity index is 2.17. The SMILES string of the molecule is COc1cc(C)c(N)cc1S(=O)(=O)NCCc1cscn1. The van der Waals surface area contributed by atoms with E-state index < -0.39 is 10.0 Å². The number of rotatable bonds is 6. The van der Waals surface area contributed by atoms with Crippen LogP contribution in [0, 0.1) is 6.92 Å². The Hall–Kier alpha value is -1.64. The van der Waals surface area contributed by atoms with Crippen LogP contribution in [-0.4, -0.2) is 27.1 Å². The molecular weight excluding hydrogens is 310 g/mol. The summed E-state index contributed by atoms with van der Waals surface area (Å²) in [7, 11) is -2.25. The number of nitrogens with one attached hydrogen (secondary N) is 1. The van der Waals surface area contributed by atoms with Crippen LogP contribution in [0.3, 0.4) is 0 Å². The van der Waals surface area contributed by atoms with Gasteiger partial charge in [0.25, 0.3) is 0 Å². The Labute approximate surface area is 128 Å². The van der Waals surface area contributed by atoms with E-state index in [1.165, 1.54) is 24.5 Å². The van der Waals surface area contributed by atoms with Crippen molar-refractivity contribution in [3.05, 3.63) is 34.3 Å². The normalized spacial score (nSPS) is 11.5. The lowest BCUT2D eigenvalue weighted by Gasteiger charge is -2.12. The van der Waals surface area contributed by atoms with E-state index in [1.807, 2.05) is 5.38 Å². The van der Waals surface area contributed by atoms with Gasteiger partial charge in [-0.25, -0.2) is 18.1 Å². The summed E-state index contributed by atoms with van der Waals surface area (Å²) in [6.07, 6.45) is 0.534. The molecule has 21 heavy (non-hydrogen) atoms. The maximum Gasteiger partial charge on any atom is 0.244 e. The molecule has 0 aliphatic rings. The highest BCUT2D eigenvalue weighted by atomic mass is 32.2. The lowest BCUT2D eigenvalue weighted by atomic mass is 10.2. The van der Waals surface area contributed by atoms with Gasteiger partial charge in [0.05, 0.1) is 18.3 Å². The first kappa shape index (κ1) is 15.7. The van der Waals surface area contributed by atoms with E-state index in [2.05, 4.69) is 9.71 Å². The monoisotopic (exact) mass is 327 g/mol. The number of aryl methyl sites for hydroxylation is 1. The van der Waals surface area contributed by atoms with Gasteiger partial charge in [-0.05, 0) is 24.6 Å². The largest absolute Gasteiger partial charge is 0.495 e. The van der Waals surface area contributed by atoms with E-state index in [-0.39, 0.29) is 17.2 Å². The number of methoxy groups -OCH3 is 1. The number of hydrogen-bond donors (Lipinski definition) is 2. The summed E-state index contributed by atoms with van der Waals surface area (Å²) in [6.45, 7) is 2.06. The van der Waals surface area contributed by atoms with Crippen LogP contribution in [0.2, 0.25) is 0 Å². The average molecular weight is 327 g/mol. The highest BCUT2D eigenvalue weighted by molar-refractivity contribution is 7.89. The number of nitrogens with zero attached hydrogens (tertiary/aromatic N) is 1. The molecule has 0 saturated heterocycles. The lowest BCUT2D eigenvalue weighted by Crippen LogP contribution is -2.26. The Morgan fingerprint density at radius 2 is 2.19 bits per heavy atom. The van der Waals surface area contributed by atoms with Gasteiger partial charge in [-0.1, -0.05) is 0 Å². The third-order valence-corrected chi connectivity index (χ3v) is 5.12. The maximum atomic E-state index is 12.3. The molecule has 0 amide bonds. The molecule has 2 aromatic rings. The molecule has 0 bridgehead atoms. The number of nitrogens with two attached hydrogens (primary N) is 1. The first-order valence-electron chi connectivity index (χ1n) is 6.25. The van der Waals surface area contributed by atoms with Gasteiger partial charge in [-0.2, -0.15) is 0 Å². The van der Waals surface area contributed by atoms with Gasteiger partial charge in [-0.15, -0.1) is 11.3 Å². The van der Waals surface area contributed by atoms with E-state index >= 15 is 0 Å². The second-order valence-electron chi connectivity index (χ2n) is 4.49. The smallest absolute Gasteiger partial charge is 0.244 e. The molecule has 8 heteroatoms. The van der Waals surface area contributed by atoms with Crippen molar-refractivity contribution in [2.45, 2.75) is 18.2 Å². The molecule has 114 valence electrons. The van der Waals surface area contributed by atoms with Crippen LogP contribution in [0.4, 0.5) is 5.69 Å². The standard InChI is InChI=1S/C13H17N3O3S2/c1-9-5-12(19-2)13(6-11(9)14)21(17,18)16-4-3-10-7-20-8-15-10/h5-8,16H,3-4,14H2,1-2H3. The number of aromatic nitrogens is 1. The summed E-state index contributed by atoms with van der Waals surface area (Å²) >= 11 is 1.48. The lowest BCUT2D eigenvalue weighted by molar-refractivity contribution is 0.402. The van der Waals surface area contributed by atoms with E-state index in [0.717, 1.165) is 11.3 Å². The van der Waals surface area contributed by atoms with E-state index in [4.69, 9.17) is 10.5 Å². The van der Waals surface area contributed by atoms with Crippen molar-refractivity contribution in [1.29, 1.82) is 0 Å². The fraction of sp³-hybridized carbons (Fsp3) is 0.308. The zero-order valence-corrected chi connectivity index (χ0v) is 13.4. The number of ether oxygens (including phenoxy) is 1. The summed E-state index contributed by atoms with van der Waals surface area (Å²) in [5, 5.41) is 1.89. The van der Waals surface area contributed by atoms with Crippen molar-refractivity contribution in [2.75, 3.05) is 19.4 Å². The molecule has 0 aliphatic heterocycles. The minimum absolute atomic E-state index is 0.0476. The zero-order valence-electron chi connectivity index (χ0n) is 11.8. The van der Waals surface area contributed by atoms with Crippen molar-refractivity contribution in [1.82, 2.24) is 9.71 Å². The maximum absolute atomic E-state index is 12.3. The fourth-order valence-electron chi connectivity index (χ4n) is 1.80. The summed E-state index contributed by atoms with van der Waals surface area (Å²) < 4.78 is 32.3. The molecule has 1 heterocycles. The van der Waals surface area contributed by atoms with Crippen molar-refractivity contribution in [2.24, 2.45) is 0 Å². The average Bonchev–Trinajstić information content (AvgIpc) is 2.94. The Morgan fingerprint density at radius 1 is 1.43 bits per heavy atom. The molecule has 0 atom stereocenters. The number of nitrogen functional groups attached to an aromatic ring is 1. The molecule has 6 nitrogen and oxygen atoms in total. The van der Waals surface area contributed by atoms with E-state index in [1.54, 1.807) is 18.5 Å². The van der Waals surface area contributed by atoms with Crippen LogP contribution in [0.5, 0.6) is 5.75 Å². The Morgan fingerprint density at radius 3 is 2.81 bits per heavy atom. The topological polar surface area (TPSA) is 94.3 Å². The third-order valence-electron chi connectivity index (χ3n) is 3.00. The number of anilines is 1. The quantitative estimate of drug-likeness (QED) is 0.785. The second kappa shape index (κ2) is 6.42. The Bertz CT molecular complexity index is 713. The van der Waals surface area contributed by atoms with Crippen LogP contribution < -0.4 is 15.2 Å². The summed E-state index contributed by atoms with van der Waals surface area (Å²) in [4.78, 5) is 4.15. The molecule has 0 aliphatic carbocycles. The number of hydrogen-bond acceptors (Lipinski definition) is 6. The highest BCUT2D eigenvalue weighted by Crippen LogP contribution is 2.28. The predicted octanol–water partition coefficient (Wildman–Crippen LogP) is 1.56. The zero-order chi connectivity index (χ0) is 15.5. The second-order valence-corrected chi connectivity index (χ2v) is 6.94.